The van der Waals surface area contributed by atoms with Crippen molar-refractivity contribution < 1.29 is 9.52 Å². The third-order valence-electron chi connectivity index (χ3n) is 3.04. The molecule has 0 unspecified atom stereocenters. The zero-order valence-corrected chi connectivity index (χ0v) is 9.53. The molecule has 1 aliphatic rings. The molecule has 0 spiro atoms. The van der Waals surface area contributed by atoms with Crippen LogP contribution in [0.3, 0.4) is 0 Å². The number of fused-ring (bicyclic) bond motifs is 1. The summed E-state index contributed by atoms with van der Waals surface area (Å²) in [6, 6.07) is 5.69. The van der Waals surface area contributed by atoms with Crippen molar-refractivity contribution in [1.29, 1.82) is 0 Å². The molecule has 1 saturated carbocycles. The van der Waals surface area contributed by atoms with Gasteiger partial charge in [0.15, 0.2) is 11.5 Å². The maximum atomic E-state index is 9.92. The summed E-state index contributed by atoms with van der Waals surface area (Å²) in [5, 5.41) is 9.92. The van der Waals surface area contributed by atoms with E-state index in [1.54, 1.807) is 13.8 Å². The van der Waals surface area contributed by atoms with E-state index in [0.717, 1.165) is 22.6 Å². The fraction of sp³-hybridized carbons (Fsp3) is 0.462. The van der Waals surface area contributed by atoms with Gasteiger partial charge >= 0.3 is 0 Å². The van der Waals surface area contributed by atoms with E-state index in [-0.39, 0.29) is 0 Å². The van der Waals surface area contributed by atoms with Crippen molar-refractivity contribution in [3.63, 3.8) is 0 Å². The van der Waals surface area contributed by atoms with E-state index in [9.17, 15) is 5.11 Å². The zero-order chi connectivity index (χ0) is 11.3. The highest BCUT2D eigenvalue weighted by molar-refractivity contribution is 5.73. The Morgan fingerprint density at radius 2 is 2.12 bits per heavy atom. The first kappa shape index (κ1) is 9.85. The van der Waals surface area contributed by atoms with Gasteiger partial charge in [0.05, 0.1) is 5.60 Å². The van der Waals surface area contributed by atoms with Crippen molar-refractivity contribution in [3.8, 4) is 0 Å². The molecule has 2 aromatic rings. The van der Waals surface area contributed by atoms with E-state index in [1.807, 2.05) is 18.2 Å². The van der Waals surface area contributed by atoms with Crippen LogP contribution >= 0.6 is 0 Å². The van der Waals surface area contributed by atoms with Crippen LogP contribution in [-0.2, 0) is 5.60 Å². The third-order valence-corrected chi connectivity index (χ3v) is 3.04. The van der Waals surface area contributed by atoms with Crippen LogP contribution in [0.25, 0.3) is 11.1 Å². The fourth-order valence-corrected chi connectivity index (χ4v) is 1.83. The van der Waals surface area contributed by atoms with Crippen molar-refractivity contribution in [2.24, 2.45) is 0 Å². The quantitative estimate of drug-likeness (QED) is 0.841. The van der Waals surface area contributed by atoms with Gasteiger partial charge in [0.2, 0.25) is 0 Å². The molecule has 1 aromatic carbocycles. The van der Waals surface area contributed by atoms with Crippen LogP contribution in [0.4, 0.5) is 0 Å². The van der Waals surface area contributed by atoms with Crippen molar-refractivity contribution in [2.45, 2.75) is 38.2 Å². The minimum absolute atomic E-state index is 0.526. The Morgan fingerprint density at radius 3 is 2.75 bits per heavy atom. The van der Waals surface area contributed by atoms with E-state index >= 15 is 0 Å². The van der Waals surface area contributed by atoms with Crippen LogP contribution in [0.2, 0.25) is 0 Å². The summed E-state index contributed by atoms with van der Waals surface area (Å²) < 4.78 is 5.67. The van der Waals surface area contributed by atoms with Gasteiger partial charge in [-0.25, -0.2) is 4.98 Å². The monoisotopic (exact) mass is 217 g/mol. The van der Waals surface area contributed by atoms with E-state index < -0.39 is 5.60 Å². The number of hydrogen-bond donors (Lipinski definition) is 1. The molecule has 3 rings (SSSR count). The highest BCUT2D eigenvalue weighted by Gasteiger charge is 2.29. The van der Waals surface area contributed by atoms with Crippen LogP contribution in [0, 0.1) is 0 Å². The number of oxazole rings is 1. The molecule has 0 amide bonds. The molecule has 0 bridgehead atoms. The Morgan fingerprint density at radius 1 is 1.38 bits per heavy atom. The topological polar surface area (TPSA) is 46.3 Å². The zero-order valence-electron chi connectivity index (χ0n) is 9.53. The van der Waals surface area contributed by atoms with E-state index in [4.69, 9.17) is 4.42 Å². The normalized spacial score (nSPS) is 16.9. The Balaban J connectivity index is 2.10. The highest BCUT2D eigenvalue weighted by atomic mass is 16.3. The van der Waals surface area contributed by atoms with Crippen molar-refractivity contribution in [2.75, 3.05) is 0 Å². The standard InChI is InChI=1S/C13H15NO2/c1-13(2,15)9-5-6-11-10(7-9)14-12(16-11)8-3-4-8/h5-8,15H,3-4H2,1-2H3. The van der Waals surface area contributed by atoms with Crippen LogP contribution < -0.4 is 0 Å². The average molecular weight is 217 g/mol. The molecule has 1 heterocycles. The van der Waals surface area contributed by atoms with Gasteiger partial charge in [0, 0.05) is 5.92 Å². The number of nitrogens with zero attached hydrogens (tertiary/aromatic N) is 1. The number of aromatic nitrogens is 1. The van der Waals surface area contributed by atoms with Gasteiger partial charge in [0.1, 0.15) is 5.52 Å². The minimum Gasteiger partial charge on any atom is -0.440 e. The number of rotatable bonds is 2. The maximum absolute atomic E-state index is 9.92. The predicted molar refractivity (Wildman–Crippen MR) is 61.2 cm³/mol. The minimum atomic E-state index is -0.827. The van der Waals surface area contributed by atoms with Crippen LogP contribution in [0.5, 0.6) is 0 Å². The smallest absolute Gasteiger partial charge is 0.198 e. The van der Waals surface area contributed by atoms with Gasteiger partial charge in [-0.3, -0.25) is 0 Å². The summed E-state index contributed by atoms with van der Waals surface area (Å²) in [4.78, 5) is 4.47. The summed E-state index contributed by atoms with van der Waals surface area (Å²) in [7, 11) is 0. The van der Waals surface area contributed by atoms with Gasteiger partial charge in [-0.2, -0.15) is 0 Å². The molecule has 84 valence electrons. The third kappa shape index (κ3) is 1.61. The lowest BCUT2D eigenvalue weighted by atomic mass is 9.98. The van der Waals surface area contributed by atoms with Gasteiger partial charge < -0.3 is 9.52 Å². The van der Waals surface area contributed by atoms with E-state index in [0.29, 0.717) is 5.92 Å². The Hall–Kier alpha value is -1.35. The van der Waals surface area contributed by atoms with Crippen molar-refractivity contribution >= 4 is 11.1 Å². The van der Waals surface area contributed by atoms with Gasteiger partial charge in [-0.15, -0.1) is 0 Å². The molecule has 3 heteroatoms. The Bertz CT molecular complexity index is 532. The first-order valence-electron chi connectivity index (χ1n) is 5.67. The van der Waals surface area contributed by atoms with Crippen LogP contribution in [0.1, 0.15) is 44.1 Å². The molecule has 0 saturated heterocycles. The molecule has 0 radical (unpaired) electrons. The molecule has 1 fully saturated rings. The first-order valence-corrected chi connectivity index (χ1v) is 5.67. The molecular formula is C13H15NO2. The van der Waals surface area contributed by atoms with Gasteiger partial charge in [-0.05, 0) is 44.4 Å². The largest absolute Gasteiger partial charge is 0.440 e. The second-order valence-electron chi connectivity index (χ2n) is 5.07. The molecular weight excluding hydrogens is 202 g/mol. The lowest BCUT2D eigenvalue weighted by Crippen LogP contribution is -2.14. The number of aliphatic hydroxyl groups is 1. The first-order chi connectivity index (χ1) is 7.54. The SMILES string of the molecule is CC(C)(O)c1ccc2oc(C3CC3)nc2c1. The van der Waals surface area contributed by atoms with Gasteiger partial charge in [-0.1, -0.05) is 6.07 Å². The molecule has 1 N–H and O–H groups in total. The molecule has 0 atom stereocenters. The lowest BCUT2D eigenvalue weighted by molar-refractivity contribution is 0.0787. The summed E-state index contributed by atoms with van der Waals surface area (Å²) in [5.41, 5.74) is 1.71. The lowest BCUT2D eigenvalue weighted by Gasteiger charge is -2.16. The summed E-state index contributed by atoms with van der Waals surface area (Å²) >= 11 is 0. The Kier molecular flexibility index (Phi) is 1.89. The van der Waals surface area contributed by atoms with Crippen molar-refractivity contribution in [1.82, 2.24) is 4.98 Å². The number of benzene rings is 1. The Labute approximate surface area is 94.1 Å². The molecule has 3 nitrogen and oxygen atoms in total. The number of hydrogen-bond acceptors (Lipinski definition) is 3. The summed E-state index contributed by atoms with van der Waals surface area (Å²) in [6.07, 6.45) is 2.37. The van der Waals surface area contributed by atoms with E-state index in [2.05, 4.69) is 4.98 Å². The van der Waals surface area contributed by atoms with Crippen molar-refractivity contribution in [3.05, 3.63) is 29.7 Å². The van der Waals surface area contributed by atoms with E-state index in [1.165, 1.54) is 12.8 Å². The molecule has 1 aromatic heterocycles. The highest BCUT2D eigenvalue weighted by Crippen LogP contribution is 2.40. The predicted octanol–water partition coefficient (Wildman–Crippen LogP) is 2.93. The average Bonchev–Trinajstić information content (AvgIpc) is 2.96. The molecule has 0 aliphatic heterocycles. The fourth-order valence-electron chi connectivity index (χ4n) is 1.83. The summed E-state index contributed by atoms with van der Waals surface area (Å²) in [6.45, 7) is 3.55. The molecule has 1 aliphatic carbocycles. The second-order valence-corrected chi connectivity index (χ2v) is 5.07. The van der Waals surface area contributed by atoms with Crippen LogP contribution in [-0.4, -0.2) is 10.1 Å². The molecule has 16 heavy (non-hydrogen) atoms. The summed E-state index contributed by atoms with van der Waals surface area (Å²) in [5.74, 6) is 1.38. The van der Waals surface area contributed by atoms with Crippen LogP contribution in [0.15, 0.2) is 22.6 Å². The maximum Gasteiger partial charge on any atom is 0.198 e. The van der Waals surface area contributed by atoms with Gasteiger partial charge in [0.25, 0.3) is 0 Å². The second kappa shape index (κ2) is 3.08.